The average Bonchev–Trinajstić information content (AvgIpc) is 2.35. The summed E-state index contributed by atoms with van der Waals surface area (Å²) in [7, 11) is 2.15. The van der Waals surface area contributed by atoms with Crippen LogP contribution in [-0.2, 0) is 0 Å². The fraction of sp³-hybridized carbons (Fsp3) is 0.923. The van der Waals surface area contributed by atoms with Gasteiger partial charge in [-0.3, -0.25) is 4.90 Å². The van der Waals surface area contributed by atoms with Gasteiger partial charge in [0.2, 0.25) is 0 Å². The molecule has 1 fully saturated rings. The van der Waals surface area contributed by atoms with Gasteiger partial charge < -0.3 is 10.2 Å². The Morgan fingerprint density at radius 1 is 1.29 bits per heavy atom. The molecular weight excluding hydrogens is 212 g/mol. The first-order valence-corrected chi connectivity index (χ1v) is 6.56. The molecule has 1 heterocycles. The van der Waals surface area contributed by atoms with Crippen LogP contribution in [0.4, 0.5) is 0 Å². The van der Waals surface area contributed by atoms with Crippen LogP contribution in [0.5, 0.6) is 0 Å². The number of piperazine rings is 1. The summed E-state index contributed by atoms with van der Waals surface area (Å²) in [4.78, 5) is 4.84. The number of nitrogens with one attached hydrogen (secondary N) is 1. The molecule has 1 N–H and O–H groups in total. The van der Waals surface area contributed by atoms with Crippen molar-refractivity contribution < 1.29 is 0 Å². The molecule has 0 saturated carbocycles. The first kappa shape index (κ1) is 14.4. The van der Waals surface area contributed by atoms with E-state index >= 15 is 0 Å². The molecule has 0 spiro atoms. The molecule has 0 bridgehead atoms. The maximum atomic E-state index is 8.96. The lowest BCUT2D eigenvalue weighted by Crippen LogP contribution is -2.46. The normalized spacial score (nSPS) is 18.3. The second kappa shape index (κ2) is 6.95. The van der Waals surface area contributed by atoms with Gasteiger partial charge in [-0.25, -0.2) is 0 Å². The van der Waals surface area contributed by atoms with Crippen LogP contribution in [0, 0.1) is 16.7 Å². The topological polar surface area (TPSA) is 42.3 Å². The maximum absolute atomic E-state index is 8.96. The van der Waals surface area contributed by atoms with Crippen molar-refractivity contribution in [1.82, 2.24) is 15.1 Å². The smallest absolute Gasteiger partial charge is 0.0684 e. The Labute approximate surface area is 106 Å². The Morgan fingerprint density at radius 3 is 2.53 bits per heavy atom. The van der Waals surface area contributed by atoms with Gasteiger partial charge in [-0.1, -0.05) is 0 Å². The van der Waals surface area contributed by atoms with Crippen LogP contribution < -0.4 is 5.32 Å². The molecule has 0 aromatic rings. The SMILES string of the molecule is CN(CCN1CCNCC1)CCC(C)(C)C#N. The van der Waals surface area contributed by atoms with Gasteiger partial charge in [-0.2, -0.15) is 5.26 Å². The third-order valence-corrected chi connectivity index (χ3v) is 3.43. The van der Waals surface area contributed by atoms with Crippen molar-refractivity contribution in [3.8, 4) is 6.07 Å². The molecule has 0 amide bonds. The van der Waals surface area contributed by atoms with Gasteiger partial charge in [0, 0.05) is 39.3 Å². The minimum Gasteiger partial charge on any atom is -0.314 e. The largest absolute Gasteiger partial charge is 0.314 e. The Hall–Kier alpha value is -0.630. The van der Waals surface area contributed by atoms with Gasteiger partial charge in [-0.05, 0) is 33.9 Å². The summed E-state index contributed by atoms with van der Waals surface area (Å²) in [5.41, 5.74) is -0.191. The molecule has 17 heavy (non-hydrogen) atoms. The maximum Gasteiger partial charge on any atom is 0.0684 e. The predicted octanol–water partition coefficient (Wildman–Crippen LogP) is 0.763. The van der Waals surface area contributed by atoms with E-state index < -0.39 is 0 Å². The zero-order chi connectivity index (χ0) is 12.7. The summed E-state index contributed by atoms with van der Waals surface area (Å²) < 4.78 is 0. The van der Waals surface area contributed by atoms with Gasteiger partial charge in [0.15, 0.2) is 0 Å². The summed E-state index contributed by atoms with van der Waals surface area (Å²) >= 11 is 0. The van der Waals surface area contributed by atoms with E-state index in [0.717, 1.165) is 52.2 Å². The Morgan fingerprint density at radius 2 is 1.94 bits per heavy atom. The van der Waals surface area contributed by atoms with Crippen LogP contribution in [0.15, 0.2) is 0 Å². The second-order valence-electron chi connectivity index (χ2n) is 5.64. The molecule has 0 unspecified atom stereocenters. The zero-order valence-electron chi connectivity index (χ0n) is 11.5. The molecule has 98 valence electrons. The molecule has 0 aliphatic carbocycles. The lowest BCUT2D eigenvalue weighted by Gasteiger charge is -2.29. The monoisotopic (exact) mass is 238 g/mol. The average molecular weight is 238 g/mol. The van der Waals surface area contributed by atoms with Crippen molar-refractivity contribution >= 4 is 0 Å². The van der Waals surface area contributed by atoms with Crippen LogP contribution >= 0.6 is 0 Å². The number of nitrogens with zero attached hydrogens (tertiary/aromatic N) is 3. The molecule has 1 saturated heterocycles. The van der Waals surface area contributed by atoms with E-state index in [2.05, 4.69) is 28.2 Å². The van der Waals surface area contributed by atoms with Crippen LogP contribution in [0.3, 0.4) is 0 Å². The van der Waals surface area contributed by atoms with Crippen LogP contribution in [-0.4, -0.2) is 62.7 Å². The second-order valence-corrected chi connectivity index (χ2v) is 5.64. The van der Waals surface area contributed by atoms with Crippen molar-refractivity contribution in [2.45, 2.75) is 20.3 Å². The van der Waals surface area contributed by atoms with Gasteiger partial charge in [0.1, 0.15) is 0 Å². The Kier molecular flexibility index (Phi) is 5.90. The van der Waals surface area contributed by atoms with Crippen molar-refractivity contribution in [3.63, 3.8) is 0 Å². The van der Waals surface area contributed by atoms with Crippen LogP contribution in [0.2, 0.25) is 0 Å². The standard InChI is InChI=1S/C13H26N4/c1-13(2,12-14)4-7-16(3)10-11-17-8-5-15-6-9-17/h15H,4-11H2,1-3H3. The molecule has 1 aliphatic rings. The molecule has 0 aromatic carbocycles. The Bertz CT molecular complexity index is 251. The number of rotatable bonds is 6. The molecule has 0 radical (unpaired) electrons. The summed E-state index contributed by atoms with van der Waals surface area (Å²) in [6.07, 6.45) is 0.946. The quantitative estimate of drug-likeness (QED) is 0.742. The molecule has 1 aliphatic heterocycles. The lowest BCUT2D eigenvalue weighted by atomic mass is 9.91. The van der Waals surface area contributed by atoms with Crippen molar-refractivity contribution in [2.24, 2.45) is 5.41 Å². The first-order chi connectivity index (χ1) is 8.03. The van der Waals surface area contributed by atoms with E-state index in [1.807, 2.05) is 13.8 Å². The van der Waals surface area contributed by atoms with Gasteiger partial charge in [-0.15, -0.1) is 0 Å². The summed E-state index contributed by atoms with van der Waals surface area (Å²) in [6.45, 7) is 11.8. The van der Waals surface area contributed by atoms with E-state index in [9.17, 15) is 0 Å². The van der Waals surface area contributed by atoms with E-state index in [4.69, 9.17) is 5.26 Å². The minimum absolute atomic E-state index is 0.191. The van der Waals surface area contributed by atoms with Crippen molar-refractivity contribution in [1.29, 1.82) is 5.26 Å². The van der Waals surface area contributed by atoms with E-state index in [1.165, 1.54) is 0 Å². The molecule has 1 rings (SSSR count). The van der Waals surface area contributed by atoms with E-state index in [-0.39, 0.29) is 5.41 Å². The summed E-state index contributed by atoms with van der Waals surface area (Å²) in [6, 6.07) is 2.36. The molecule has 4 heteroatoms. The highest BCUT2D eigenvalue weighted by Crippen LogP contribution is 2.18. The summed E-state index contributed by atoms with van der Waals surface area (Å²) in [5.74, 6) is 0. The third-order valence-electron chi connectivity index (χ3n) is 3.43. The van der Waals surface area contributed by atoms with E-state index in [1.54, 1.807) is 0 Å². The number of hydrogen-bond acceptors (Lipinski definition) is 4. The fourth-order valence-electron chi connectivity index (χ4n) is 1.88. The van der Waals surface area contributed by atoms with Gasteiger partial charge in [0.05, 0.1) is 11.5 Å². The minimum atomic E-state index is -0.191. The van der Waals surface area contributed by atoms with Crippen molar-refractivity contribution in [3.05, 3.63) is 0 Å². The molecule has 4 nitrogen and oxygen atoms in total. The third kappa shape index (κ3) is 6.02. The van der Waals surface area contributed by atoms with E-state index in [0.29, 0.717) is 0 Å². The highest BCUT2D eigenvalue weighted by molar-refractivity contribution is 4.91. The zero-order valence-corrected chi connectivity index (χ0v) is 11.5. The van der Waals surface area contributed by atoms with Crippen molar-refractivity contribution in [2.75, 3.05) is 52.9 Å². The number of likely N-dealkylation sites (N-methyl/N-ethyl adjacent to an activating group) is 1. The molecular formula is C13H26N4. The first-order valence-electron chi connectivity index (χ1n) is 6.56. The molecule has 0 aromatic heterocycles. The molecule has 0 atom stereocenters. The predicted molar refractivity (Wildman–Crippen MR) is 70.8 cm³/mol. The Balaban J connectivity index is 2.12. The number of nitriles is 1. The van der Waals surface area contributed by atoms with Crippen LogP contribution in [0.1, 0.15) is 20.3 Å². The van der Waals surface area contributed by atoms with Gasteiger partial charge in [0.25, 0.3) is 0 Å². The highest BCUT2D eigenvalue weighted by atomic mass is 15.2. The van der Waals surface area contributed by atoms with Crippen LogP contribution in [0.25, 0.3) is 0 Å². The fourth-order valence-corrected chi connectivity index (χ4v) is 1.88. The highest BCUT2D eigenvalue weighted by Gasteiger charge is 2.17. The summed E-state index contributed by atoms with van der Waals surface area (Å²) in [5, 5.41) is 12.3. The van der Waals surface area contributed by atoms with Gasteiger partial charge >= 0.3 is 0 Å². The number of hydrogen-bond donors (Lipinski definition) is 1. The lowest BCUT2D eigenvalue weighted by molar-refractivity contribution is 0.197.